The lowest BCUT2D eigenvalue weighted by molar-refractivity contribution is 0.466. The van der Waals surface area contributed by atoms with Gasteiger partial charge in [0, 0.05) is 23.0 Å². The van der Waals surface area contributed by atoms with Crippen molar-refractivity contribution in [3.05, 3.63) is 59.8 Å². The molecule has 0 aliphatic heterocycles. The number of nitrogens with zero attached hydrogens (tertiary/aromatic N) is 4. The first-order valence-electron chi connectivity index (χ1n) is 8.79. The van der Waals surface area contributed by atoms with Gasteiger partial charge in [0.1, 0.15) is 16.9 Å². The van der Waals surface area contributed by atoms with E-state index in [9.17, 15) is 0 Å². The molecule has 1 aliphatic rings. The Balaban J connectivity index is 1.50. The van der Waals surface area contributed by atoms with Crippen molar-refractivity contribution in [1.29, 1.82) is 0 Å². The zero-order chi connectivity index (χ0) is 17.5. The molecule has 130 valence electrons. The molecule has 0 radical (unpaired) electrons. The molecular weight excluding hydrogens is 344 g/mol. The lowest BCUT2D eigenvalue weighted by atomic mass is 9.89. The Morgan fingerprint density at radius 2 is 2.08 bits per heavy atom. The highest BCUT2D eigenvalue weighted by Crippen LogP contribution is 2.41. The van der Waals surface area contributed by atoms with E-state index in [1.807, 2.05) is 35.0 Å². The summed E-state index contributed by atoms with van der Waals surface area (Å²) in [6.45, 7) is 2.32. The Morgan fingerprint density at radius 1 is 1.19 bits per heavy atom. The van der Waals surface area contributed by atoms with Crippen LogP contribution in [0.4, 0.5) is 0 Å². The van der Waals surface area contributed by atoms with Crippen LogP contribution in [-0.2, 0) is 12.8 Å². The predicted octanol–water partition coefficient (Wildman–Crippen LogP) is 4.79. The van der Waals surface area contributed by atoms with Gasteiger partial charge in [-0.15, -0.1) is 11.3 Å². The molecule has 3 aromatic heterocycles. The van der Waals surface area contributed by atoms with Crippen molar-refractivity contribution in [2.24, 2.45) is 5.92 Å². The summed E-state index contributed by atoms with van der Waals surface area (Å²) in [5.74, 6) is 2.18. The average Bonchev–Trinajstić information content (AvgIpc) is 3.30. The van der Waals surface area contributed by atoms with Crippen molar-refractivity contribution in [2.45, 2.75) is 26.2 Å². The maximum absolute atomic E-state index is 6.15. The minimum absolute atomic E-state index is 0.664. The number of aryl methyl sites for hydroxylation is 1. The lowest BCUT2D eigenvalue weighted by Crippen LogP contribution is -2.08. The Hall–Kier alpha value is -2.73. The van der Waals surface area contributed by atoms with Crippen LogP contribution in [-0.4, -0.2) is 19.5 Å². The Bertz CT molecular complexity index is 1050. The van der Waals surface area contributed by atoms with Gasteiger partial charge in [-0.25, -0.2) is 15.0 Å². The monoisotopic (exact) mass is 362 g/mol. The highest BCUT2D eigenvalue weighted by molar-refractivity contribution is 7.18. The maximum Gasteiger partial charge on any atom is 0.231 e. The molecule has 0 fully saturated rings. The van der Waals surface area contributed by atoms with Crippen LogP contribution in [0.1, 0.15) is 23.8 Å². The van der Waals surface area contributed by atoms with Gasteiger partial charge in [0.05, 0.1) is 11.7 Å². The Labute approximate surface area is 155 Å². The number of benzene rings is 1. The lowest BCUT2D eigenvalue weighted by Gasteiger charge is -2.18. The van der Waals surface area contributed by atoms with Crippen LogP contribution in [0.25, 0.3) is 15.9 Å². The van der Waals surface area contributed by atoms with E-state index >= 15 is 0 Å². The van der Waals surface area contributed by atoms with Gasteiger partial charge in [-0.1, -0.05) is 6.92 Å². The van der Waals surface area contributed by atoms with Gasteiger partial charge in [0.2, 0.25) is 5.88 Å². The van der Waals surface area contributed by atoms with Crippen LogP contribution < -0.4 is 4.74 Å². The van der Waals surface area contributed by atoms with E-state index in [2.05, 4.69) is 21.9 Å². The molecule has 0 N–H and O–H groups in total. The second kappa shape index (κ2) is 6.21. The quantitative estimate of drug-likeness (QED) is 0.526. The maximum atomic E-state index is 6.15. The van der Waals surface area contributed by atoms with Crippen molar-refractivity contribution < 1.29 is 4.74 Å². The molecule has 0 spiro atoms. The molecule has 1 atom stereocenters. The normalized spacial score (nSPS) is 16.6. The predicted molar refractivity (Wildman–Crippen MR) is 102 cm³/mol. The number of hydrogen-bond acceptors (Lipinski definition) is 5. The SMILES string of the molecule is C[C@H]1CCc2c(sc3ncnc(Oc4ccc(-n5ccnc5)cc4)c23)C1. The van der Waals surface area contributed by atoms with Crippen LogP contribution in [0.15, 0.2) is 49.3 Å². The molecule has 5 rings (SSSR count). The van der Waals surface area contributed by atoms with Crippen LogP contribution in [0.5, 0.6) is 11.6 Å². The number of rotatable bonds is 3. The number of thiophene rings is 1. The van der Waals surface area contributed by atoms with E-state index in [1.165, 1.54) is 16.9 Å². The fourth-order valence-electron chi connectivity index (χ4n) is 3.53. The van der Waals surface area contributed by atoms with Crippen molar-refractivity contribution in [3.8, 4) is 17.3 Å². The third-order valence-corrected chi connectivity index (χ3v) is 6.07. The van der Waals surface area contributed by atoms with Crippen LogP contribution >= 0.6 is 11.3 Å². The number of ether oxygens (including phenoxy) is 1. The Kier molecular flexibility index (Phi) is 3.71. The third kappa shape index (κ3) is 2.66. The number of hydrogen-bond donors (Lipinski definition) is 0. The molecule has 6 heteroatoms. The molecular formula is C20H18N4OS. The van der Waals surface area contributed by atoms with Gasteiger partial charge in [-0.05, 0) is 55.0 Å². The number of fused-ring (bicyclic) bond motifs is 3. The first-order chi connectivity index (χ1) is 12.8. The van der Waals surface area contributed by atoms with Crippen molar-refractivity contribution >= 4 is 21.6 Å². The summed E-state index contributed by atoms with van der Waals surface area (Å²) in [5, 5.41) is 1.10. The van der Waals surface area contributed by atoms with Gasteiger partial charge in [-0.2, -0.15) is 0 Å². The van der Waals surface area contributed by atoms with E-state index in [1.54, 1.807) is 30.2 Å². The van der Waals surface area contributed by atoms with Gasteiger partial charge in [0.25, 0.3) is 0 Å². The number of aromatic nitrogens is 4. The fraction of sp³-hybridized carbons (Fsp3) is 0.250. The molecule has 0 amide bonds. The van der Waals surface area contributed by atoms with Crippen molar-refractivity contribution in [2.75, 3.05) is 0 Å². The molecule has 5 nitrogen and oxygen atoms in total. The molecule has 0 unspecified atom stereocenters. The fourth-order valence-corrected chi connectivity index (χ4v) is 4.87. The highest BCUT2D eigenvalue weighted by atomic mass is 32.1. The highest BCUT2D eigenvalue weighted by Gasteiger charge is 2.23. The average molecular weight is 362 g/mol. The summed E-state index contributed by atoms with van der Waals surface area (Å²) in [6, 6.07) is 7.95. The summed E-state index contributed by atoms with van der Waals surface area (Å²) in [5.41, 5.74) is 2.43. The van der Waals surface area contributed by atoms with Gasteiger partial charge in [0.15, 0.2) is 0 Å². The van der Waals surface area contributed by atoms with E-state index in [4.69, 9.17) is 4.74 Å². The van der Waals surface area contributed by atoms with E-state index in [0.717, 1.165) is 40.4 Å². The summed E-state index contributed by atoms with van der Waals surface area (Å²) >= 11 is 1.79. The summed E-state index contributed by atoms with van der Waals surface area (Å²) in [4.78, 5) is 15.5. The van der Waals surface area contributed by atoms with Gasteiger partial charge in [-0.3, -0.25) is 0 Å². The topological polar surface area (TPSA) is 52.8 Å². The smallest absolute Gasteiger partial charge is 0.231 e. The summed E-state index contributed by atoms with van der Waals surface area (Å²) in [6.07, 6.45) is 10.5. The van der Waals surface area contributed by atoms with Gasteiger partial charge < -0.3 is 9.30 Å². The largest absolute Gasteiger partial charge is 0.438 e. The Morgan fingerprint density at radius 3 is 2.88 bits per heavy atom. The second-order valence-electron chi connectivity index (χ2n) is 6.78. The molecule has 0 bridgehead atoms. The van der Waals surface area contributed by atoms with Gasteiger partial charge >= 0.3 is 0 Å². The van der Waals surface area contributed by atoms with Crippen LogP contribution in [0, 0.1) is 5.92 Å². The molecule has 26 heavy (non-hydrogen) atoms. The summed E-state index contributed by atoms with van der Waals surface area (Å²) in [7, 11) is 0. The molecule has 4 aromatic rings. The summed E-state index contributed by atoms with van der Waals surface area (Å²) < 4.78 is 8.11. The number of imidazole rings is 1. The minimum atomic E-state index is 0.664. The zero-order valence-electron chi connectivity index (χ0n) is 14.4. The van der Waals surface area contributed by atoms with Crippen LogP contribution in [0.2, 0.25) is 0 Å². The minimum Gasteiger partial charge on any atom is -0.438 e. The van der Waals surface area contributed by atoms with Crippen molar-refractivity contribution in [3.63, 3.8) is 0 Å². The van der Waals surface area contributed by atoms with Crippen LogP contribution in [0.3, 0.4) is 0 Å². The first-order valence-corrected chi connectivity index (χ1v) is 9.61. The van der Waals surface area contributed by atoms with E-state index in [-0.39, 0.29) is 0 Å². The molecule has 1 aliphatic carbocycles. The first kappa shape index (κ1) is 15.5. The molecule has 3 heterocycles. The second-order valence-corrected chi connectivity index (χ2v) is 7.86. The molecule has 1 aromatic carbocycles. The molecule has 0 saturated heterocycles. The standard InChI is InChI=1S/C20H18N4OS/c1-13-2-7-16-17(10-13)26-20-18(16)19(22-11-23-20)25-15-5-3-14(4-6-15)24-9-8-21-12-24/h3-6,8-9,11-13H,2,7,10H2,1H3/t13-/m0/s1. The van der Waals surface area contributed by atoms with E-state index in [0.29, 0.717) is 5.88 Å². The molecule has 0 saturated carbocycles. The zero-order valence-corrected chi connectivity index (χ0v) is 15.2. The third-order valence-electron chi connectivity index (χ3n) is 4.91. The van der Waals surface area contributed by atoms with Crippen molar-refractivity contribution in [1.82, 2.24) is 19.5 Å². The van der Waals surface area contributed by atoms with E-state index < -0.39 is 0 Å².